The van der Waals surface area contributed by atoms with Gasteiger partial charge in [-0.2, -0.15) is 0 Å². The average molecular weight is 512 g/mol. The summed E-state index contributed by atoms with van der Waals surface area (Å²) in [4.78, 5) is 19.9. The van der Waals surface area contributed by atoms with E-state index in [1.807, 2.05) is 24.0 Å². The SMILES string of the molecule is COc1ccc(C(=O)N2CC([C@@H](C)Oc3ccc(Cl)cn3)[C@H](c3ccc(Cl)c(Cl)c3)C2)s1. The first-order chi connectivity index (χ1) is 15.4. The summed E-state index contributed by atoms with van der Waals surface area (Å²) in [5, 5.41) is 2.24. The van der Waals surface area contributed by atoms with Gasteiger partial charge >= 0.3 is 0 Å². The minimum Gasteiger partial charge on any atom is -0.487 e. The second-order valence-corrected chi connectivity index (χ2v) is 9.91. The van der Waals surface area contributed by atoms with E-state index in [0.717, 1.165) is 5.56 Å². The molecule has 1 fully saturated rings. The van der Waals surface area contributed by atoms with Crippen LogP contribution >= 0.6 is 46.1 Å². The zero-order chi connectivity index (χ0) is 22.8. The van der Waals surface area contributed by atoms with Crippen LogP contribution in [0.25, 0.3) is 0 Å². The topological polar surface area (TPSA) is 51.7 Å². The lowest BCUT2D eigenvalue weighted by molar-refractivity contribution is 0.0774. The zero-order valence-electron chi connectivity index (χ0n) is 17.4. The third-order valence-corrected chi connectivity index (χ3v) is 7.62. The molecule has 1 aliphatic rings. The van der Waals surface area contributed by atoms with E-state index < -0.39 is 0 Å². The highest BCUT2D eigenvalue weighted by molar-refractivity contribution is 7.15. The molecule has 1 aromatic carbocycles. The van der Waals surface area contributed by atoms with Crippen molar-refractivity contribution in [1.29, 1.82) is 0 Å². The molecule has 1 aliphatic heterocycles. The highest BCUT2D eigenvalue weighted by Crippen LogP contribution is 2.39. The Morgan fingerprint density at radius 1 is 1.12 bits per heavy atom. The lowest BCUT2D eigenvalue weighted by Crippen LogP contribution is -2.32. The summed E-state index contributed by atoms with van der Waals surface area (Å²) in [5.41, 5.74) is 1.02. The van der Waals surface area contributed by atoms with Crippen molar-refractivity contribution >= 4 is 52.0 Å². The van der Waals surface area contributed by atoms with Gasteiger partial charge in [0, 0.05) is 37.2 Å². The number of benzene rings is 1. The third-order valence-electron chi connectivity index (χ3n) is 5.63. The molecule has 3 atom stereocenters. The Morgan fingerprint density at radius 3 is 2.59 bits per heavy atom. The maximum absolute atomic E-state index is 13.2. The van der Waals surface area contributed by atoms with Crippen molar-refractivity contribution in [2.75, 3.05) is 20.2 Å². The van der Waals surface area contributed by atoms with Crippen LogP contribution in [0.4, 0.5) is 0 Å². The smallest absolute Gasteiger partial charge is 0.264 e. The van der Waals surface area contributed by atoms with Crippen molar-refractivity contribution < 1.29 is 14.3 Å². The molecule has 1 unspecified atom stereocenters. The van der Waals surface area contributed by atoms with Gasteiger partial charge in [-0.25, -0.2) is 4.98 Å². The number of hydrogen-bond donors (Lipinski definition) is 0. The Labute approximate surface area is 205 Å². The summed E-state index contributed by atoms with van der Waals surface area (Å²) < 4.78 is 11.4. The number of likely N-dealkylation sites (tertiary alicyclic amines) is 1. The summed E-state index contributed by atoms with van der Waals surface area (Å²) >= 11 is 19.7. The number of aromatic nitrogens is 1. The predicted molar refractivity (Wildman–Crippen MR) is 129 cm³/mol. The molecule has 32 heavy (non-hydrogen) atoms. The first-order valence-electron chi connectivity index (χ1n) is 10.0. The van der Waals surface area contributed by atoms with Crippen LogP contribution in [0.1, 0.15) is 28.1 Å². The number of amides is 1. The number of rotatable bonds is 6. The maximum atomic E-state index is 13.2. The van der Waals surface area contributed by atoms with Crippen LogP contribution in [0.15, 0.2) is 48.7 Å². The van der Waals surface area contributed by atoms with Crippen LogP contribution in [-0.4, -0.2) is 42.1 Å². The van der Waals surface area contributed by atoms with Gasteiger partial charge in [0.1, 0.15) is 6.10 Å². The molecule has 4 rings (SSSR count). The number of pyridine rings is 1. The van der Waals surface area contributed by atoms with Gasteiger partial charge in [0.05, 0.1) is 27.1 Å². The molecule has 0 N–H and O–H groups in total. The Morgan fingerprint density at radius 2 is 1.94 bits per heavy atom. The van der Waals surface area contributed by atoms with Crippen molar-refractivity contribution in [2.24, 2.45) is 5.92 Å². The lowest BCUT2D eigenvalue weighted by atomic mass is 9.86. The summed E-state index contributed by atoms with van der Waals surface area (Å²) in [7, 11) is 1.59. The summed E-state index contributed by atoms with van der Waals surface area (Å²) in [6.07, 6.45) is 1.34. The molecule has 0 saturated carbocycles. The monoisotopic (exact) mass is 510 g/mol. The van der Waals surface area contributed by atoms with Gasteiger partial charge in [-0.3, -0.25) is 4.79 Å². The number of ether oxygens (including phenoxy) is 2. The normalized spacial score (nSPS) is 19.1. The highest BCUT2D eigenvalue weighted by Gasteiger charge is 2.41. The molecular formula is C23H21Cl3N2O3S. The van der Waals surface area contributed by atoms with Crippen LogP contribution in [0.5, 0.6) is 10.9 Å². The van der Waals surface area contributed by atoms with Crippen LogP contribution in [0, 0.1) is 5.92 Å². The number of thiophene rings is 1. The molecule has 3 aromatic rings. The Balaban J connectivity index is 1.60. The van der Waals surface area contributed by atoms with Crippen LogP contribution in [0.3, 0.4) is 0 Å². The highest BCUT2D eigenvalue weighted by atomic mass is 35.5. The fourth-order valence-electron chi connectivity index (χ4n) is 3.98. The number of nitrogens with zero attached hydrogens (tertiary/aromatic N) is 2. The zero-order valence-corrected chi connectivity index (χ0v) is 20.5. The molecule has 0 bridgehead atoms. The van der Waals surface area contributed by atoms with Gasteiger partial charge < -0.3 is 14.4 Å². The number of carbonyl (C=O) groups excluding carboxylic acids is 1. The largest absolute Gasteiger partial charge is 0.487 e. The molecule has 0 spiro atoms. The predicted octanol–water partition coefficient (Wildman–Crippen LogP) is 6.44. The van der Waals surface area contributed by atoms with Crippen molar-refractivity contribution in [2.45, 2.75) is 18.9 Å². The van der Waals surface area contributed by atoms with E-state index in [0.29, 0.717) is 44.0 Å². The van der Waals surface area contributed by atoms with E-state index in [2.05, 4.69) is 4.98 Å². The van der Waals surface area contributed by atoms with E-state index in [4.69, 9.17) is 44.3 Å². The molecule has 1 amide bonds. The number of methoxy groups -OCH3 is 1. The van der Waals surface area contributed by atoms with Crippen molar-refractivity contribution in [3.63, 3.8) is 0 Å². The van der Waals surface area contributed by atoms with E-state index in [9.17, 15) is 4.79 Å². The third kappa shape index (κ3) is 4.99. The average Bonchev–Trinajstić information content (AvgIpc) is 3.44. The molecule has 9 heteroatoms. The van der Waals surface area contributed by atoms with Gasteiger partial charge in [0.15, 0.2) is 5.06 Å². The molecule has 1 saturated heterocycles. The number of halogens is 3. The van der Waals surface area contributed by atoms with E-state index in [1.54, 1.807) is 43.6 Å². The standard InChI is InChI=1S/C23H21Cl3N2O3S/c1-13(31-21-7-4-15(24)10-27-21)16-11-28(23(29)20-6-8-22(30-2)32-20)12-17(16)14-3-5-18(25)19(26)9-14/h3-10,13,16-17H,11-12H2,1-2H3/t13-,16?,17+/m1/s1. The van der Waals surface area contributed by atoms with Crippen LogP contribution in [0.2, 0.25) is 15.1 Å². The maximum Gasteiger partial charge on any atom is 0.264 e. The Kier molecular flexibility index (Phi) is 7.15. The Bertz CT molecular complexity index is 1110. The van der Waals surface area contributed by atoms with Gasteiger partial charge in [0.2, 0.25) is 5.88 Å². The first-order valence-corrected chi connectivity index (χ1v) is 12.0. The van der Waals surface area contributed by atoms with Crippen molar-refractivity contribution in [3.8, 4) is 10.9 Å². The van der Waals surface area contributed by atoms with Gasteiger partial charge in [-0.05, 0) is 42.8 Å². The molecule has 5 nitrogen and oxygen atoms in total. The van der Waals surface area contributed by atoms with Gasteiger partial charge in [0.25, 0.3) is 5.91 Å². The Hall–Kier alpha value is -1.99. The lowest BCUT2D eigenvalue weighted by Gasteiger charge is -2.25. The van der Waals surface area contributed by atoms with E-state index in [1.165, 1.54) is 11.3 Å². The molecule has 2 aromatic heterocycles. The van der Waals surface area contributed by atoms with Gasteiger partial charge in [-0.15, -0.1) is 0 Å². The quantitative estimate of drug-likeness (QED) is 0.382. The molecule has 0 radical (unpaired) electrons. The minimum atomic E-state index is -0.209. The second kappa shape index (κ2) is 9.87. The second-order valence-electron chi connectivity index (χ2n) is 7.61. The van der Waals surface area contributed by atoms with Crippen molar-refractivity contribution in [3.05, 3.63) is 74.2 Å². The van der Waals surface area contributed by atoms with Crippen LogP contribution in [-0.2, 0) is 0 Å². The summed E-state index contributed by atoms with van der Waals surface area (Å²) in [5.74, 6) is 0.513. The minimum absolute atomic E-state index is 0.0236. The molecular weight excluding hydrogens is 491 g/mol. The molecule has 168 valence electrons. The van der Waals surface area contributed by atoms with Crippen LogP contribution < -0.4 is 9.47 Å². The first kappa shape index (κ1) is 23.2. The summed E-state index contributed by atoms with van der Waals surface area (Å²) in [6.45, 7) is 3.08. The molecule has 3 heterocycles. The number of hydrogen-bond acceptors (Lipinski definition) is 5. The van der Waals surface area contributed by atoms with Crippen molar-refractivity contribution in [1.82, 2.24) is 9.88 Å². The molecule has 0 aliphatic carbocycles. The summed E-state index contributed by atoms with van der Waals surface area (Å²) in [6, 6.07) is 12.7. The fraction of sp³-hybridized carbons (Fsp3) is 0.304. The van der Waals surface area contributed by atoms with E-state index in [-0.39, 0.29) is 23.8 Å². The van der Waals surface area contributed by atoms with Gasteiger partial charge in [-0.1, -0.05) is 52.2 Å². The van der Waals surface area contributed by atoms with E-state index >= 15 is 0 Å². The number of carbonyl (C=O) groups is 1. The fourth-order valence-corrected chi connectivity index (χ4v) is 5.18.